The Balaban J connectivity index is 4.82. The van der Waals surface area contributed by atoms with Crippen LogP contribution in [0.4, 0.5) is 0 Å². The van der Waals surface area contributed by atoms with Crippen molar-refractivity contribution in [3.05, 3.63) is 12.3 Å². The Hall–Kier alpha value is -1.01. The van der Waals surface area contributed by atoms with Crippen LogP contribution in [-0.4, -0.2) is 39.0 Å². The van der Waals surface area contributed by atoms with Gasteiger partial charge in [0.1, 0.15) is 0 Å². The molecule has 0 aromatic rings. The van der Waals surface area contributed by atoms with E-state index < -0.39 is 9.84 Å². The third-order valence-corrected chi connectivity index (χ3v) is 3.20. The molecule has 0 aliphatic rings. The molecule has 5 nitrogen and oxygen atoms in total. The van der Waals surface area contributed by atoms with E-state index in [1.807, 2.05) is 0 Å². The SMILES string of the molecule is C=C(CN)N=CC(=NC)S(=O)(=O)CC. The van der Waals surface area contributed by atoms with Gasteiger partial charge in [-0.15, -0.1) is 0 Å². The lowest BCUT2D eigenvalue weighted by atomic mass is 10.5. The van der Waals surface area contributed by atoms with E-state index in [9.17, 15) is 8.42 Å². The fourth-order valence-electron chi connectivity index (χ4n) is 0.624. The van der Waals surface area contributed by atoms with Crippen molar-refractivity contribution >= 4 is 21.1 Å². The molecule has 0 atom stereocenters. The molecule has 0 rings (SSSR count). The number of nitrogens with two attached hydrogens (primary N) is 1. The van der Waals surface area contributed by atoms with Gasteiger partial charge in [0.15, 0.2) is 14.9 Å². The second-order valence-corrected chi connectivity index (χ2v) is 4.72. The molecule has 0 spiro atoms. The normalized spacial score (nSPS) is 13.5. The first-order chi connectivity index (χ1) is 6.47. The molecule has 0 heterocycles. The number of hydrogen-bond donors (Lipinski definition) is 1. The zero-order valence-electron chi connectivity index (χ0n) is 8.40. The van der Waals surface area contributed by atoms with Crippen LogP contribution in [0.2, 0.25) is 0 Å². The van der Waals surface area contributed by atoms with Gasteiger partial charge < -0.3 is 5.73 Å². The van der Waals surface area contributed by atoms with E-state index in [0.29, 0.717) is 5.70 Å². The zero-order valence-corrected chi connectivity index (χ0v) is 9.21. The topological polar surface area (TPSA) is 84.9 Å². The Morgan fingerprint density at radius 1 is 1.57 bits per heavy atom. The molecule has 0 aliphatic carbocycles. The Kier molecular flexibility index (Phi) is 5.26. The second-order valence-electron chi connectivity index (χ2n) is 2.49. The Morgan fingerprint density at radius 2 is 2.14 bits per heavy atom. The van der Waals surface area contributed by atoms with Gasteiger partial charge in [0.05, 0.1) is 12.0 Å². The van der Waals surface area contributed by atoms with E-state index in [0.717, 1.165) is 0 Å². The summed E-state index contributed by atoms with van der Waals surface area (Å²) < 4.78 is 22.7. The van der Waals surface area contributed by atoms with Gasteiger partial charge in [0.25, 0.3) is 0 Å². The number of aliphatic imine (C=N–C) groups is 2. The summed E-state index contributed by atoms with van der Waals surface area (Å²) in [6.45, 7) is 5.26. The fraction of sp³-hybridized carbons (Fsp3) is 0.500. The molecule has 0 aliphatic heterocycles. The molecule has 0 amide bonds. The monoisotopic (exact) mass is 217 g/mol. The smallest absolute Gasteiger partial charge is 0.196 e. The van der Waals surface area contributed by atoms with Crippen molar-refractivity contribution in [2.24, 2.45) is 15.7 Å². The lowest BCUT2D eigenvalue weighted by Crippen LogP contribution is -2.18. The van der Waals surface area contributed by atoms with Crippen molar-refractivity contribution in [3.63, 3.8) is 0 Å². The van der Waals surface area contributed by atoms with Crippen LogP contribution in [0.15, 0.2) is 22.3 Å². The molecule has 0 bridgehead atoms. The highest BCUT2D eigenvalue weighted by Crippen LogP contribution is 1.94. The average Bonchev–Trinajstić information content (AvgIpc) is 2.18. The Bertz CT molecular complexity index is 355. The van der Waals surface area contributed by atoms with Crippen LogP contribution in [0, 0.1) is 0 Å². The van der Waals surface area contributed by atoms with E-state index in [2.05, 4.69) is 16.6 Å². The van der Waals surface area contributed by atoms with Gasteiger partial charge in [-0.3, -0.25) is 9.98 Å². The quantitative estimate of drug-likeness (QED) is 0.531. The molecule has 14 heavy (non-hydrogen) atoms. The standard InChI is InChI=1S/C8H15N3O2S/c1-4-14(12,13)8(10-3)6-11-7(2)5-9/h6H,2,4-5,9H2,1,3H3. The largest absolute Gasteiger partial charge is 0.325 e. The minimum atomic E-state index is -3.30. The van der Waals surface area contributed by atoms with Gasteiger partial charge in [0.2, 0.25) is 0 Å². The van der Waals surface area contributed by atoms with Crippen LogP contribution in [0.1, 0.15) is 6.92 Å². The summed E-state index contributed by atoms with van der Waals surface area (Å²) in [6, 6.07) is 0. The summed E-state index contributed by atoms with van der Waals surface area (Å²) >= 11 is 0. The van der Waals surface area contributed by atoms with Gasteiger partial charge in [-0.2, -0.15) is 0 Å². The lowest BCUT2D eigenvalue weighted by molar-refractivity contribution is 0.608. The van der Waals surface area contributed by atoms with Crippen molar-refractivity contribution in [1.82, 2.24) is 0 Å². The maximum atomic E-state index is 11.3. The molecule has 0 fully saturated rings. The minimum absolute atomic E-state index is 0.000788. The fourth-order valence-corrected chi connectivity index (χ4v) is 1.41. The van der Waals surface area contributed by atoms with Crippen LogP contribution in [0.5, 0.6) is 0 Å². The number of hydrogen-bond acceptors (Lipinski definition) is 5. The Labute approximate surface area is 84.4 Å². The molecule has 0 unspecified atom stereocenters. The van der Waals surface area contributed by atoms with Crippen molar-refractivity contribution < 1.29 is 8.42 Å². The van der Waals surface area contributed by atoms with Crippen LogP contribution in [-0.2, 0) is 9.84 Å². The molecule has 0 saturated heterocycles. The van der Waals surface area contributed by atoms with E-state index in [1.165, 1.54) is 13.3 Å². The van der Waals surface area contributed by atoms with Crippen molar-refractivity contribution in [1.29, 1.82) is 0 Å². The van der Waals surface area contributed by atoms with Gasteiger partial charge in [-0.05, 0) is 0 Å². The van der Waals surface area contributed by atoms with E-state index in [1.54, 1.807) is 6.92 Å². The first-order valence-corrected chi connectivity index (χ1v) is 5.74. The number of nitrogens with zero attached hydrogens (tertiary/aromatic N) is 2. The summed E-state index contributed by atoms with van der Waals surface area (Å²) in [5.74, 6) is 0.000788. The maximum Gasteiger partial charge on any atom is 0.196 e. The first-order valence-electron chi connectivity index (χ1n) is 4.09. The summed E-state index contributed by atoms with van der Waals surface area (Å²) in [5.41, 5.74) is 5.65. The molecular weight excluding hydrogens is 202 g/mol. The van der Waals surface area contributed by atoms with E-state index >= 15 is 0 Å². The highest BCUT2D eigenvalue weighted by molar-refractivity contribution is 8.08. The predicted molar refractivity (Wildman–Crippen MR) is 59.5 cm³/mol. The van der Waals surface area contributed by atoms with Crippen molar-refractivity contribution in [2.45, 2.75) is 6.92 Å². The molecule has 80 valence electrons. The summed E-state index contributed by atoms with van der Waals surface area (Å²) in [7, 11) is -1.89. The van der Waals surface area contributed by atoms with Gasteiger partial charge in [0, 0.05) is 19.3 Å². The maximum absolute atomic E-state index is 11.3. The first kappa shape index (κ1) is 13.0. The number of rotatable bonds is 4. The lowest BCUT2D eigenvalue weighted by Gasteiger charge is -1.99. The third-order valence-electron chi connectivity index (χ3n) is 1.51. The molecule has 6 heteroatoms. The second kappa shape index (κ2) is 5.66. The summed E-state index contributed by atoms with van der Waals surface area (Å²) in [4.78, 5) is 7.41. The van der Waals surface area contributed by atoms with Gasteiger partial charge in [-0.25, -0.2) is 8.42 Å². The van der Waals surface area contributed by atoms with Crippen molar-refractivity contribution in [3.8, 4) is 0 Å². The molecule has 2 N–H and O–H groups in total. The molecule has 0 saturated carbocycles. The predicted octanol–water partition coefficient (Wildman–Crippen LogP) is -0.00740. The summed E-state index contributed by atoms with van der Waals surface area (Å²) in [5, 5.41) is -0.0467. The molecule has 0 radical (unpaired) electrons. The van der Waals surface area contributed by atoms with E-state index in [4.69, 9.17) is 5.73 Å². The van der Waals surface area contributed by atoms with Crippen LogP contribution >= 0.6 is 0 Å². The third kappa shape index (κ3) is 3.80. The van der Waals surface area contributed by atoms with Gasteiger partial charge in [-0.1, -0.05) is 13.5 Å². The zero-order chi connectivity index (χ0) is 11.2. The summed E-state index contributed by atoms with van der Waals surface area (Å²) in [6.07, 6.45) is 1.17. The van der Waals surface area contributed by atoms with E-state index in [-0.39, 0.29) is 17.3 Å². The van der Waals surface area contributed by atoms with Crippen LogP contribution in [0.3, 0.4) is 0 Å². The number of sulfone groups is 1. The van der Waals surface area contributed by atoms with Crippen LogP contribution in [0.25, 0.3) is 0 Å². The van der Waals surface area contributed by atoms with Crippen LogP contribution < -0.4 is 5.73 Å². The minimum Gasteiger partial charge on any atom is -0.325 e. The molecular formula is C8H15N3O2S. The highest BCUT2D eigenvalue weighted by Gasteiger charge is 2.13. The van der Waals surface area contributed by atoms with Gasteiger partial charge >= 0.3 is 0 Å². The highest BCUT2D eigenvalue weighted by atomic mass is 32.2. The average molecular weight is 217 g/mol. The molecule has 0 aromatic carbocycles. The molecule has 0 aromatic heterocycles. The Morgan fingerprint density at radius 3 is 2.50 bits per heavy atom. The van der Waals surface area contributed by atoms with Crippen molar-refractivity contribution in [2.75, 3.05) is 19.3 Å².